The molecule has 29 heavy (non-hydrogen) atoms. The summed E-state index contributed by atoms with van der Waals surface area (Å²) >= 11 is 7.48. The van der Waals surface area contributed by atoms with Crippen molar-refractivity contribution in [1.29, 1.82) is 0 Å². The van der Waals surface area contributed by atoms with Crippen molar-refractivity contribution in [3.8, 4) is 10.6 Å². The summed E-state index contributed by atoms with van der Waals surface area (Å²) in [6.07, 6.45) is 2.09. The Bertz CT molecular complexity index is 1040. The van der Waals surface area contributed by atoms with Gasteiger partial charge in [-0.15, -0.1) is 11.3 Å². The van der Waals surface area contributed by atoms with Crippen molar-refractivity contribution in [3.63, 3.8) is 0 Å². The number of Topliss-reactive ketones (excluding diaryl/α,β-unsaturated/α-hetero) is 1. The molecule has 0 radical (unpaired) electrons. The highest BCUT2D eigenvalue weighted by atomic mass is 35.5. The lowest BCUT2D eigenvalue weighted by Gasteiger charge is -2.33. The second-order valence-corrected chi connectivity index (χ2v) is 8.37. The fraction of sp³-hybridized carbons (Fsp3) is 0.318. The number of ketones is 1. The number of dihydropyridines is 1. The molecule has 0 spiro atoms. The fourth-order valence-corrected chi connectivity index (χ4v) is 4.88. The van der Waals surface area contributed by atoms with Crippen molar-refractivity contribution in [2.75, 3.05) is 6.61 Å². The van der Waals surface area contributed by atoms with E-state index in [1.807, 2.05) is 36.6 Å². The van der Waals surface area contributed by atoms with Gasteiger partial charge in [0.05, 0.1) is 23.8 Å². The zero-order valence-electron chi connectivity index (χ0n) is 16.3. The molecule has 1 N–H and O–H groups in total. The number of aromatic nitrogens is 1. The van der Waals surface area contributed by atoms with Crippen LogP contribution >= 0.6 is 22.9 Å². The molecule has 1 aromatic heterocycles. The fourth-order valence-electron chi connectivity index (χ4n) is 3.90. The molecule has 2 aromatic rings. The lowest BCUT2D eigenvalue weighted by molar-refractivity contribution is -0.138. The minimum Gasteiger partial charge on any atom is -0.463 e. The second-order valence-electron chi connectivity index (χ2n) is 7.07. The van der Waals surface area contributed by atoms with Gasteiger partial charge in [0.1, 0.15) is 5.01 Å². The van der Waals surface area contributed by atoms with Gasteiger partial charge in [0.2, 0.25) is 0 Å². The minimum atomic E-state index is -0.504. The van der Waals surface area contributed by atoms with Crippen molar-refractivity contribution in [3.05, 3.63) is 62.9 Å². The van der Waals surface area contributed by atoms with Gasteiger partial charge in [-0.3, -0.25) is 4.79 Å². The maximum absolute atomic E-state index is 12.8. The smallest absolute Gasteiger partial charge is 0.336 e. The summed E-state index contributed by atoms with van der Waals surface area (Å²) in [5.41, 5.74) is 4.39. The van der Waals surface area contributed by atoms with Crippen molar-refractivity contribution in [1.82, 2.24) is 10.3 Å². The SMILES string of the molecule is CCOC(=O)C1=C(C)NC2=C(C(=O)CCC2)C1c1csc(-c2ccc(Cl)cc2)n1. The molecule has 4 rings (SSSR count). The summed E-state index contributed by atoms with van der Waals surface area (Å²) in [5.74, 6) is -0.844. The number of ether oxygens (including phenoxy) is 1. The van der Waals surface area contributed by atoms with Gasteiger partial charge in [-0.05, 0) is 38.8 Å². The van der Waals surface area contributed by atoms with Gasteiger partial charge in [0.25, 0.3) is 0 Å². The van der Waals surface area contributed by atoms with E-state index < -0.39 is 11.9 Å². The van der Waals surface area contributed by atoms with E-state index >= 15 is 0 Å². The molecule has 0 bridgehead atoms. The summed E-state index contributed by atoms with van der Waals surface area (Å²) in [6.45, 7) is 3.90. The Hall–Kier alpha value is -2.44. The first kappa shape index (κ1) is 19.9. The minimum absolute atomic E-state index is 0.0686. The molecular weight excluding hydrogens is 408 g/mol. The molecule has 1 atom stereocenters. The number of benzene rings is 1. The van der Waals surface area contributed by atoms with Crippen LogP contribution in [0.4, 0.5) is 0 Å². The molecule has 5 nitrogen and oxygen atoms in total. The molecule has 0 amide bonds. The average Bonchev–Trinajstić information content (AvgIpc) is 3.17. The predicted molar refractivity (Wildman–Crippen MR) is 114 cm³/mol. The monoisotopic (exact) mass is 428 g/mol. The van der Waals surface area contributed by atoms with E-state index in [1.165, 1.54) is 11.3 Å². The molecule has 0 fully saturated rings. The van der Waals surface area contributed by atoms with Crippen molar-refractivity contribution in [2.24, 2.45) is 0 Å². The Morgan fingerprint density at radius 3 is 2.79 bits per heavy atom. The molecule has 1 aromatic carbocycles. The van der Waals surface area contributed by atoms with E-state index in [0.717, 1.165) is 34.8 Å². The van der Waals surface area contributed by atoms with Gasteiger partial charge >= 0.3 is 5.97 Å². The standard InChI is InChI=1S/C22H21ClN2O3S/c1-3-28-22(27)18-12(2)24-15-5-4-6-17(26)19(15)20(18)16-11-29-21(25-16)13-7-9-14(23)10-8-13/h7-11,20,24H,3-6H2,1-2H3. The van der Waals surface area contributed by atoms with Crippen molar-refractivity contribution >= 4 is 34.7 Å². The number of esters is 1. The summed E-state index contributed by atoms with van der Waals surface area (Å²) in [4.78, 5) is 30.4. The highest BCUT2D eigenvalue weighted by Crippen LogP contribution is 2.43. The third kappa shape index (κ3) is 3.74. The van der Waals surface area contributed by atoms with Gasteiger partial charge in [-0.25, -0.2) is 9.78 Å². The maximum Gasteiger partial charge on any atom is 0.336 e. The molecule has 0 saturated heterocycles. The Morgan fingerprint density at radius 2 is 2.07 bits per heavy atom. The summed E-state index contributed by atoms with van der Waals surface area (Å²) < 4.78 is 5.31. The van der Waals surface area contributed by atoms with Crippen LogP contribution in [-0.2, 0) is 14.3 Å². The van der Waals surface area contributed by atoms with E-state index in [2.05, 4.69) is 5.32 Å². The lowest BCUT2D eigenvalue weighted by Crippen LogP contribution is -2.34. The number of nitrogens with one attached hydrogen (secondary N) is 1. The molecule has 1 aliphatic carbocycles. The largest absolute Gasteiger partial charge is 0.463 e. The van der Waals surface area contributed by atoms with Crippen LogP contribution in [-0.4, -0.2) is 23.3 Å². The Morgan fingerprint density at radius 1 is 1.31 bits per heavy atom. The molecule has 2 aliphatic rings. The first-order valence-corrected chi connectivity index (χ1v) is 10.9. The van der Waals surface area contributed by atoms with Crippen LogP contribution in [0.5, 0.6) is 0 Å². The molecular formula is C22H21ClN2O3S. The van der Waals surface area contributed by atoms with E-state index in [-0.39, 0.29) is 12.4 Å². The van der Waals surface area contributed by atoms with Gasteiger partial charge in [-0.1, -0.05) is 23.7 Å². The van der Waals surface area contributed by atoms with Gasteiger partial charge in [0, 0.05) is 39.4 Å². The van der Waals surface area contributed by atoms with Crippen LogP contribution in [0.25, 0.3) is 10.6 Å². The van der Waals surface area contributed by atoms with Crippen molar-refractivity contribution < 1.29 is 14.3 Å². The zero-order valence-corrected chi connectivity index (χ0v) is 17.8. The van der Waals surface area contributed by atoms with Crippen LogP contribution in [0.15, 0.2) is 52.2 Å². The first-order valence-electron chi connectivity index (χ1n) is 9.62. The number of hydrogen-bond donors (Lipinski definition) is 1. The van der Waals surface area contributed by atoms with Gasteiger partial charge in [-0.2, -0.15) is 0 Å². The number of hydrogen-bond acceptors (Lipinski definition) is 6. The zero-order chi connectivity index (χ0) is 20.5. The Balaban J connectivity index is 1.81. The van der Waals surface area contributed by atoms with Crippen LogP contribution < -0.4 is 5.32 Å². The summed E-state index contributed by atoms with van der Waals surface area (Å²) in [5, 5.41) is 6.69. The van der Waals surface area contributed by atoms with Crippen molar-refractivity contribution in [2.45, 2.75) is 39.0 Å². The highest BCUT2D eigenvalue weighted by molar-refractivity contribution is 7.13. The highest BCUT2D eigenvalue weighted by Gasteiger charge is 2.40. The van der Waals surface area contributed by atoms with Crippen LogP contribution in [0.1, 0.15) is 44.7 Å². The maximum atomic E-state index is 12.8. The van der Waals surface area contributed by atoms with Crippen LogP contribution in [0.2, 0.25) is 5.02 Å². The molecule has 150 valence electrons. The predicted octanol–water partition coefficient (Wildman–Crippen LogP) is 4.99. The third-order valence-electron chi connectivity index (χ3n) is 5.18. The van der Waals surface area contributed by atoms with Gasteiger partial charge in [0.15, 0.2) is 5.78 Å². The van der Waals surface area contributed by atoms with E-state index in [9.17, 15) is 9.59 Å². The van der Waals surface area contributed by atoms with Crippen LogP contribution in [0.3, 0.4) is 0 Å². The molecule has 1 unspecified atom stereocenters. The molecule has 1 aliphatic heterocycles. The summed E-state index contributed by atoms with van der Waals surface area (Å²) in [6, 6.07) is 7.47. The molecule has 2 heterocycles. The van der Waals surface area contributed by atoms with Crippen LogP contribution in [0, 0.1) is 0 Å². The van der Waals surface area contributed by atoms with E-state index in [0.29, 0.717) is 28.3 Å². The first-order chi connectivity index (χ1) is 14.0. The number of carbonyl (C=O) groups is 2. The van der Waals surface area contributed by atoms with E-state index in [1.54, 1.807) is 6.92 Å². The molecule has 0 saturated carbocycles. The quantitative estimate of drug-likeness (QED) is 0.694. The summed E-state index contributed by atoms with van der Waals surface area (Å²) in [7, 11) is 0. The van der Waals surface area contributed by atoms with E-state index in [4.69, 9.17) is 21.3 Å². The number of allylic oxidation sites excluding steroid dienone is 3. The number of nitrogens with zero attached hydrogens (tertiary/aromatic N) is 1. The Labute approximate surface area is 178 Å². The second kappa shape index (κ2) is 8.13. The Kier molecular flexibility index (Phi) is 5.56. The average molecular weight is 429 g/mol. The normalized spacial score (nSPS) is 19.1. The lowest BCUT2D eigenvalue weighted by atomic mass is 9.77. The topological polar surface area (TPSA) is 68.3 Å². The molecule has 7 heteroatoms. The number of carbonyl (C=O) groups excluding carboxylic acids is 2. The number of halogens is 1. The number of rotatable bonds is 4. The van der Waals surface area contributed by atoms with Gasteiger partial charge < -0.3 is 10.1 Å². The number of thiazole rings is 1. The third-order valence-corrected chi connectivity index (χ3v) is 6.34.